The van der Waals surface area contributed by atoms with Crippen LogP contribution < -0.4 is 15.4 Å². The van der Waals surface area contributed by atoms with Crippen molar-refractivity contribution in [2.45, 2.75) is 31.7 Å². The molecule has 138 valence electrons. The molecule has 1 aromatic rings. The van der Waals surface area contributed by atoms with Crippen LogP contribution in [0.4, 0.5) is 0 Å². The number of carbonyl (C=O) groups excluding carboxylic acids is 1. The summed E-state index contributed by atoms with van der Waals surface area (Å²) in [7, 11) is 3.64. The molecule has 0 radical (unpaired) electrons. The molecule has 3 rings (SSSR count). The van der Waals surface area contributed by atoms with Crippen LogP contribution in [0.15, 0.2) is 16.6 Å². The highest BCUT2D eigenvalue weighted by Crippen LogP contribution is 2.40. The Bertz CT molecular complexity index is 617. The first-order chi connectivity index (χ1) is 12.2. The second kappa shape index (κ2) is 8.52. The summed E-state index contributed by atoms with van der Waals surface area (Å²) in [5.74, 6) is 1.35. The van der Waals surface area contributed by atoms with Crippen molar-refractivity contribution in [1.82, 2.24) is 15.5 Å². The standard InChI is InChI=1S/C19H28BrN3O2/c1-21-10-15-17(25-2)7-6-16(20)18(15)13-11-22-12-14(13)19(24)23-8-4-3-5-9-23/h6-7,13-14,21-22H,3-5,8-12H2,1-2H3/t13-,14?/m1/s1. The molecule has 1 amide bonds. The molecule has 2 saturated heterocycles. The lowest BCUT2D eigenvalue weighted by molar-refractivity contribution is -0.136. The Morgan fingerprint density at radius 3 is 2.76 bits per heavy atom. The zero-order valence-corrected chi connectivity index (χ0v) is 16.7. The predicted octanol–water partition coefficient (Wildman–Crippen LogP) is 2.49. The number of likely N-dealkylation sites (tertiary alicyclic amines) is 1. The second-order valence-electron chi connectivity index (χ2n) is 6.93. The number of nitrogens with one attached hydrogen (secondary N) is 2. The molecule has 25 heavy (non-hydrogen) atoms. The fraction of sp³-hybridized carbons (Fsp3) is 0.632. The summed E-state index contributed by atoms with van der Waals surface area (Å²) < 4.78 is 6.65. The van der Waals surface area contributed by atoms with Crippen LogP contribution in [-0.2, 0) is 11.3 Å². The van der Waals surface area contributed by atoms with E-state index >= 15 is 0 Å². The number of hydrogen-bond donors (Lipinski definition) is 2. The molecule has 0 bridgehead atoms. The van der Waals surface area contributed by atoms with Gasteiger partial charge in [-0.05, 0) is 44.0 Å². The lowest BCUT2D eigenvalue weighted by atomic mass is 9.84. The van der Waals surface area contributed by atoms with E-state index in [2.05, 4.69) is 31.5 Å². The summed E-state index contributed by atoms with van der Waals surface area (Å²) in [5.41, 5.74) is 2.35. The highest BCUT2D eigenvalue weighted by molar-refractivity contribution is 9.10. The first-order valence-corrected chi connectivity index (χ1v) is 9.96. The Labute approximate surface area is 158 Å². The van der Waals surface area contributed by atoms with E-state index in [9.17, 15) is 4.79 Å². The van der Waals surface area contributed by atoms with Crippen LogP contribution in [0.1, 0.15) is 36.3 Å². The summed E-state index contributed by atoms with van der Waals surface area (Å²) in [6.07, 6.45) is 3.50. The molecule has 0 spiro atoms. The Kier molecular flexibility index (Phi) is 6.36. The van der Waals surface area contributed by atoms with Crippen LogP contribution in [0.5, 0.6) is 5.75 Å². The molecule has 5 nitrogen and oxygen atoms in total. The van der Waals surface area contributed by atoms with Crippen LogP contribution in [0.2, 0.25) is 0 Å². The normalized spacial score (nSPS) is 23.7. The van der Waals surface area contributed by atoms with E-state index in [1.54, 1.807) is 7.11 Å². The summed E-state index contributed by atoms with van der Waals surface area (Å²) >= 11 is 3.73. The number of hydrogen-bond acceptors (Lipinski definition) is 4. The van der Waals surface area contributed by atoms with Crippen molar-refractivity contribution in [3.05, 3.63) is 27.7 Å². The molecule has 0 saturated carbocycles. The minimum absolute atomic E-state index is 0.00267. The SMILES string of the molecule is CNCc1c(OC)ccc(Br)c1[C@@H]1CNCC1C(=O)N1CCCCC1. The van der Waals surface area contributed by atoms with Crippen LogP contribution in [0.3, 0.4) is 0 Å². The van der Waals surface area contributed by atoms with Crippen molar-refractivity contribution >= 4 is 21.8 Å². The van der Waals surface area contributed by atoms with Crippen LogP contribution >= 0.6 is 15.9 Å². The van der Waals surface area contributed by atoms with Gasteiger partial charge in [-0.25, -0.2) is 0 Å². The quantitative estimate of drug-likeness (QED) is 0.784. The van der Waals surface area contributed by atoms with Crippen LogP contribution in [0, 0.1) is 5.92 Å². The minimum Gasteiger partial charge on any atom is -0.496 e. The topological polar surface area (TPSA) is 53.6 Å². The lowest BCUT2D eigenvalue weighted by Gasteiger charge is -2.32. The summed E-state index contributed by atoms with van der Waals surface area (Å²) in [5, 5.41) is 6.69. The monoisotopic (exact) mass is 409 g/mol. The number of carbonyl (C=O) groups is 1. The number of ether oxygens (including phenoxy) is 1. The van der Waals surface area contributed by atoms with Crippen molar-refractivity contribution in [2.24, 2.45) is 5.92 Å². The third kappa shape index (κ3) is 3.86. The molecule has 2 aliphatic heterocycles. The van der Waals surface area contributed by atoms with Gasteiger partial charge in [0.15, 0.2) is 0 Å². The maximum absolute atomic E-state index is 13.1. The first-order valence-electron chi connectivity index (χ1n) is 9.16. The number of rotatable bonds is 5. The largest absolute Gasteiger partial charge is 0.496 e. The maximum atomic E-state index is 13.1. The van der Waals surface area contributed by atoms with Gasteiger partial charge in [0.1, 0.15) is 5.75 Å². The van der Waals surface area contributed by atoms with E-state index in [4.69, 9.17) is 4.74 Å². The average Bonchev–Trinajstić information content (AvgIpc) is 3.11. The van der Waals surface area contributed by atoms with Gasteiger partial charge in [-0.2, -0.15) is 0 Å². The highest BCUT2D eigenvalue weighted by atomic mass is 79.9. The molecular formula is C19H28BrN3O2. The number of halogens is 1. The third-order valence-electron chi connectivity index (χ3n) is 5.40. The molecule has 2 heterocycles. The Hall–Kier alpha value is -1.11. The van der Waals surface area contributed by atoms with Gasteiger partial charge < -0.3 is 20.3 Å². The molecule has 0 aliphatic carbocycles. The molecule has 2 fully saturated rings. The van der Waals surface area contributed by atoms with Gasteiger partial charge in [0.25, 0.3) is 0 Å². The smallest absolute Gasteiger partial charge is 0.227 e. The van der Waals surface area contributed by atoms with Crippen LogP contribution in [0.25, 0.3) is 0 Å². The van der Waals surface area contributed by atoms with Crippen molar-refractivity contribution in [1.29, 1.82) is 0 Å². The van der Waals surface area contributed by atoms with Crippen molar-refractivity contribution in [2.75, 3.05) is 40.3 Å². The lowest BCUT2D eigenvalue weighted by Crippen LogP contribution is -2.41. The zero-order chi connectivity index (χ0) is 17.8. The molecular weight excluding hydrogens is 382 g/mol. The molecule has 2 N–H and O–H groups in total. The molecule has 6 heteroatoms. The Balaban J connectivity index is 1.92. The molecule has 0 aromatic heterocycles. The van der Waals surface area contributed by atoms with Crippen molar-refractivity contribution in [3.8, 4) is 5.75 Å². The number of benzene rings is 1. The molecule has 1 unspecified atom stereocenters. The van der Waals surface area contributed by atoms with Crippen molar-refractivity contribution < 1.29 is 9.53 Å². The van der Waals surface area contributed by atoms with Gasteiger partial charge in [0.2, 0.25) is 5.91 Å². The van der Waals surface area contributed by atoms with Gasteiger partial charge in [-0.1, -0.05) is 15.9 Å². The maximum Gasteiger partial charge on any atom is 0.227 e. The van der Waals surface area contributed by atoms with E-state index in [1.165, 1.54) is 12.0 Å². The third-order valence-corrected chi connectivity index (χ3v) is 6.10. The number of amides is 1. The van der Waals surface area contributed by atoms with E-state index in [-0.39, 0.29) is 11.8 Å². The highest BCUT2D eigenvalue weighted by Gasteiger charge is 2.39. The first kappa shape index (κ1) is 18.7. The average molecular weight is 410 g/mol. The van der Waals surface area contributed by atoms with E-state index in [0.29, 0.717) is 5.91 Å². The molecule has 2 atom stereocenters. The fourth-order valence-electron chi connectivity index (χ4n) is 4.16. The Morgan fingerprint density at radius 1 is 1.32 bits per heavy atom. The second-order valence-corrected chi connectivity index (χ2v) is 7.78. The Morgan fingerprint density at radius 2 is 2.08 bits per heavy atom. The number of piperidine rings is 1. The number of methoxy groups -OCH3 is 1. The zero-order valence-electron chi connectivity index (χ0n) is 15.1. The van der Waals surface area contributed by atoms with E-state index in [0.717, 1.165) is 61.4 Å². The van der Waals surface area contributed by atoms with Gasteiger partial charge in [0, 0.05) is 48.7 Å². The van der Waals surface area contributed by atoms with E-state index in [1.807, 2.05) is 19.2 Å². The van der Waals surface area contributed by atoms with E-state index < -0.39 is 0 Å². The number of nitrogens with zero attached hydrogens (tertiary/aromatic N) is 1. The van der Waals surface area contributed by atoms with Gasteiger partial charge >= 0.3 is 0 Å². The van der Waals surface area contributed by atoms with Gasteiger partial charge in [-0.3, -0.25) is 4.79 Å². The fourth-order valence-corrected chi connectivity index (χ4v) is 4.82. The van der Waals surface area contributed by atoms with Crippen LogP contribution in [-0.4, -0.2) is 51.1 Å². The van der Waals surface area contributed by atoms with Crippen molar-refractivity contribution in [3.63, 3.8) is 0 Å². The van der Waals surface area contributed by atoms with Gasteiger partial charge in [0.05, 0.1) is 13.0 Å². The summed E-state index contributed by atoms with van der Waals surface area (Å²) in [4.78, 5) is 15.2. The molecule has 1 aromatic carbocycles. The molecule has 2 aliphatic rings. The predicted molar refractivity (Wildman–Crippen MR) is 103 cm³/mol. The minimum atomic E-state index is -0.00267. The summed E-state index contributed by atoms with van der Waals surface area (Å²) in [6, 6.07) is 4.03. The van der Waals surface area contributed by atoms with Gasteiger partial charge in [-0.15, -0.1) is 0 Å². The summed E-state index contributed by atoms with van der Waals surface area (Å²) in [6.45, 7) is 4.11.